The SMILES string of the molecule is CC/C=C\C/C=C\C/C=C\C/C=C\CCCCC(=O)CC(=O)[O-]. The van der Waals surface area contributed by atoms with Gasteiger partial charge in [0.15, 0.2) is 0 Å². The van der Waals surface area contributed by atoms with E-state index in [0.717, 1.165) is 44.9 Å². The highest BCUT2D eigenvalue weighted by Gasteiger charge is 2.00. The first-order valence-corrected chi connectivity index (χ1v) is 8.48. The molecule has 0 saturated carbocycles. The minimum atomic E-state index is -1.28. The molecule has 0 radical (unpaired) electrons. The number of carbonyl (C=O) groups excluding carboxylic acids is 2. The van der Waals surface area contributed by atoms with E-state index in [4.69, 9.17) is 0 Å². The van der Waals surface area contributed by atoms with Gasteiger partial charge in [-0.1, -0.05) is 55.5 Å². The summed E-state index contributed by atoms with van der Waals surface area (Å²) in [5.41, 5.74) is 0. The molecular formula is C20H29O3-. The van der Waals surface area contributed by atoms with Crippen LogP contribution in [0.5, 0.6) is 0 Å². The Morgan fingerprint density at radius 3 is 1.83 bits per heavy atom. The third-order valence-corrected chi connectivity index (χ3v) is 3.14. The zero-order valence-corrected chi connectivity index (χ0v) is 14.2. The molecule has 0 atom stereocenters. The quantitative estimate of drug-likeness (QED) is 0.276. The Kier molecular flexibility index (Phi) is 15.1. The number of unbranched alkanes of at least 4 members (excludes halogenated alkanes) is 2. The van der Waals surface area contributed by atoms with Gasteiger partial charge in [0, 0.05) is 18.8 Å². The predicted octanol–water partition coefficient (Wildman–Crippen LogP) is 4.06. The van der Waals surface area contributed by atoms with Crippen molar-refractivity contribution in [3.8, 4) is 0 Å². The number of rotatable bonds is 14. The van der Waals surface area contributed by atoms with Crippen molar-refractivity contribution in [3.63, 3.8) is 0 Å². The maximum absolute atomic E-state index is 11.1. The smallest absolute Gasteiger partial charge is 0.138 e. The number of hydrogen-bond donors (Lipinski definition) is 0. The van der Waals surface area contributed by atoms with E-state index in [1.807, 2.05) is 0 Å². The molecule has 0 aromatic heterocycles. The Bertz CT molecular complexity index is 428. The lowest BCUT2D eigenvalue weighted by atomic mass is 10.1. The molecule has 0 amide bonds. The van der Waals surface area contributed by atoms with Gasteiger partial charge in [0.05, 0.1) is 0 Å². The number of ketones is 1. The average Bonchev–Trinajstić information content (AvgIpc) is 2.50. The van der Waals surface area contributed by atoms with Gasteiger partial charge in [-0.05, 0) is 44.9 Å². The molecule has 0 fully saturated rings. The number of carboxylic acids is 1. The van der Waals surface area contributed by atoms with Crippen molar-refractivity contribution in [1.82, 2.24) is 0 Å². The van der Waals surface area contributed by atoms with Crippen molar-refractivity contribution in [2.75, 3.05) is 0 Å². The normalized spacial score (nSPS) is 12.2. The van der Waals surface area contributed by atoms with E-state index in [1.54, 1.807) is 0 Å². The van der Waals surface area contributed by atoms with Gasteiger partial charge in [0.25, 0.3) is 0 Å². The number of carbonyl (C=O) groups is 2. The van der Waals surface area contributed by atoms with Gasteiger partial charge in [0.1, 0.15) is 5.78 Å². The van der Waals surface area contributed by atoms with Crippen molar-refractivity contribution >= 4 is 11.8 Å². The fourth-order valence-corrected chi connectivity index (χ4v) is 1.93. The molecule has 0 aliphatic heterocycles. The number of hydrogen-bond acceptors (Lipinski definition) is 3. The molecule has 0 aromatic rings. The predicted molar refractivity (Wildman–Crippen MR) is 93.8 cm³/mol. The monoisotopic (exact) mass is 317 g/mol. The molecule has 0 aliphatic carbocycles. The first kappa shape index (κ1) is 21.1. The minimum absolute atomic E-state index is 0.241. The highest BCUT2D eigenvalue weighted by atomic mass is 16.4. The zero-order valence-electron chi connectivity index (χ0n) is 14.2. The Labute approximate surface area is 140 Å². The zero-order chi connectivity index (χ0) is 17.2. The second-order valence-corrected chi connectivity index (χ2v) is 5.33. The van der Waals surface area contributed by atoms with Crippen LogP contribution in [0, 0.1) is 0 Å². The fraction of sp³-hybridized carbons (Fsp3) is 0.500. The lowest BCUT2D eigenvalue weighted by molar-refractivity contribution is -0.304. The first-order valence-electron chi connectivity index (χ1n) is 8.48. The summed E-state index contributed by atoms with van der Waals surface area (Å²) in [6.07, 6.45) is 23.7. The van der Waals surface area contributed by atoms with Crippen molar-refractivity contribution in [2.45, 2.75) is 64.7 Å². The van der Waals surface area contributed by atoms with Gasteiger partial charge in [-0.15, -0.1) is 0 Å². The van der Waals surface area contributed by atoms with Gasteiger partial charge < -0.3 is 9.90 Å². The standard InChI is InChI=1S/C20H30O3/c1-2-3-4-5-6-7-8-9-10-11-12-13-14-15-16-17-19(21)18-20(22)23/h3-4,6-7,9-10,12-13H,2,5,8,11,14-18H2,1H3,(H,22,23)/p-1/b4-3-,7-6-,10-9-,13-12-. The van der Waals surface area contributed by atoms with E-state index in [0.29, 0.717) is 6.42 Å². The Hall–Kier alpha value is -1.90. The van der Waals surface area contributed by atoms with Gasteiger partial charge >= 0.3 is 0 Å². The summed E-state index contributed by atoms with van der Waals surface area (Å²) in [4.78, 5) is 21.3. The van der Waals surface area contributed by atoms with Crippen molar-refractivity contribution in [2.24, 2.45) is 0 Å². The summed E-state index contributed by atoms with van der Waals surface area (Å²) in [6.45, 7) is 2.13. The maximum atomic E-state index is 11.1. The molecule has 0 saturated heterocycles. The summed E-state index contributed by atoms with van der Waals surface area (Å²) in [5.74, 6) is -1.52. The highest BCUT2D eigenvalue weighted by Crippen LogP contribution is 2.04. The van der Waals surface area contributed by atoms with Gasteiger partial charge in [-0.25, -0.2) is 0 Å². The molecule has 0 heterocycles. The first-order chi connectivity index (χ1) is 11.2. The van der Waals surface area contributed by atoms with Crippen LogP contribution >= 0.6 is 0 Å². The molecule has 0 N–H and O–H groups in total. The van der Waals surface area contributed by atoms with Crippen molar-refractivity contribution < 1.29 is 14.7 Å². The van der Waals surface area contributed by atoms with Crippen molar-refractivity contribution in [1.29, 1.82) is 0 Å². The third kappa shape index (κ3) is 18.1. The van der Waals surface area contributed by atoms with Crippen LogP contribution in [-0.2, 0) is 9.59 Å². The summed E-state index contributed by atoms with van der Waals surface area (Å²) in [7, 11) is 0. The van der Waals surface area contributed by atoms with E-state index in [9.17, 15) is 14.7 Å². The molecule has 23 heavy (non-hydrogen) atoms. The lowest BCUT2D eigenvalue weighted by Gasteiger charge is -2.00. The second-order valence-electron chi connectivity index (χ2n) is 5.33. The van der Waals surface area contributed by atoms with Crippen molar-refractivity contribution in [3.05, 3.63) is 48.6 Å². The molecule has 0 aromatic carbocycles. The Balaban J connectivity index is 3.46. The average molecular weight is 317 g/mol. The maximum Gasteiger partial charge on any atom is 0.138 e. The lowest BCUT2D eigenvalue weighted by Crippen LogP contribution is -2.25. The Morgan fingerprint density at radius 1 is 0.783 bits per heavy atom. The van der Waals surface area contributed by atoms with Crippen LogP contribution in [0.1, 0.15) is 64.7 Å². The van der Waals surface area contributed by atoms with Crippen LogP contribution in [0.3, 0.4) is 0 Å². The van der Waals surface area contributed by atoms with Crippen LogP contribution in [-0.4, -0.2) is 11.8 Å². The van der Waals surface area contributed by atoms with E-state index in [-0.39, 0.29) is 5.78 Å². The summed E-state index contributed by atoms with van der Waals surface area (Å²) in [5, 5.41) is 10.2. The number of allylic oxidation sites excluding steroid dienone is 8. The molecule has 3 nitrogen and oxygen atoms in total. The highest BCUT2D eigenvalue weighted by molar-refractivity contribution is 5.93. The second kappa shape index (κ2) is 16.5. The van der Waals surface area contributed by atoms with E-state index >= 15 is 0 Å². The summed E-state index contributed by atoms with van der Waals surface area (Å²) < 4.78 is 0. The molecule has 0 unspecified atom stereocenters. The van der Waals surface area contributed by atoms with Crippen LogP contribution in [0.25, 0.3) is 0 Å². The topological polar surface area (TPSA) is 57.2 Å². The number of Topliss-reactive ketones (excluding diaryl/α,β-unsaturated/α-hetero) is 1. The summed E-state index contributed by atoms with van der Waals surface area (Å²) >= 11 is 0. The Morgan fingerprint density at radius 2 is 1.30 bits per heavy atom. The van der Waals surface area contributed by atoms with Gasteiger partial charge in [-0.2, -0.15) is 0 Å². The van der Waals surface area contributed by atoms with Crippen LogP contribution in [0.4, 0.5) is 0 Å². The molecular weight excluding hydrogens is 288 g/mol. The molecule has 0 rings (SSSR count). The van der Waals surface area contributed by atoms with Crippen LogP contribution in [0.15, 0.2) is 48.6 Å². The molecule has 0 spiro atoms. The van der Waals surface area contributed by atoms with Crippen LogP contribution in [0.2, 0.25) is 0 Å². The third-order valence-electron chi connectivity index (χ3n) is 3.14. The van der Waals surface area contributed by atoms with Crippen LogP contribution < -0.4 is 5.11 Å². The molecule has 128 valence electrons. The fourth-order valence-electron chi connectivity index (χ4n) is 1.93. The number of aliphatic carboxylic acids is 1. The number of carboxylic acid groups (broad SMARTS) is 1. The minimum Gasteiger partial charge on any atom is -0.550 e. The van der Waals surface area contributed by atoms with Gasteiger partial charge in [-0.3, -0.25) is 4.79 Å². The van der Waals surface area contributed by atoms with E-state index < -0.39 is 12.4 Å². The van der Waals surface area contributed by atoms with E-state index in [1.165, 1.54) is 0 Å². The van der Waals surface area contributed by atoms with E-state index in [2.05, 4.69) is 55.5 Å². The summed E-state index contributed by atoms with van der Waals surface area (Å²) in [6, 6.07) is 0. The molecule has 3 heteroatoms. The molecule has 0 bridgehead atoms. The largest absolute Gasteiger partial charge is 0.550 e. The molecule has 0 aliphatic rings. The van der Waals surface area contributed by atoms with Gasteiger partial charge in [0.2, 0.25) is 0 Å².